The first kappa shape index (κ1) is 27.6. The number of ether oxygens (including phenoxy) is 1. The molecular formula is C23H27ClF6N4O3. The molecule has 0 aliphatic carbocycles. The van der Waals surface area contributed by atoms with Crippen molar-refractivity contribution >= 4 is 29.3 Å². The van der Waals surface area contributed by atoms with Crippen LogP contribution in [0.1, 0.15) is 12.5 Å². The Labute approximate surface area is 214 Å². The van der Waals surface area contributed by atoms with Crippen molar-refractivity contribution in [2.75, 3.05) is 57.3 Å². The van der Waals surface area contributed by atoms with Crippen LogP contribution in [0.2, 0.25) is 5.02 Å². The number of amides is 2. The van der Waals surface area contributed by atoms with Crippen molar-refractivity contribution in [3.8, 4) is 0 Å². The second kappa shape index (κ2) is 10.4. The molecule has 7 nitrogen and oxygen atoms in total. The summed E-state index contributed by atoms with van der Waals surface area (Å²) in [7, 11) is 0. The van der Waals surface area contributed by atoms with Crippen LogP contribution in [0.15, 0.2) is 18.2 Å². The topological polar surface area (TPSA) is 56.3 Å². The van der Waals surface area contributed by atoms with Crippen LogP contribution in [0.25, 0.3) is 0 Å². The second-order valence-electron chi connectivity index (χ2n) is 9.73. The third kappa shape index (κ3) is 6.36. The van der Waals surface area contributed by atoms with Crippen LogP contribution < -0.4 is 4.90 Å². The fourth-order valence-corrected chi connectivity index (χ4v) is 5.50. The molecule has 1 aromatic rings. The smallest absolute Gasteiger partial charge is 0.426 e. The van der Waals surface area contributed by atoms with Gasteiger partial charge in [-0.15, -0.1) is 0 Å². The molecule has 0 radical (unpaired) electrons. The summed E-state index contributed by atoms with van der Waals surface area (Å²) >= 11 is 6.25. The van der Waals surface area contributed by atoms with E-state index in [-0.39, 0.29) is 30.8 Å². The van der Waals surface area contributed by atoms with E-state index in [1.807, 2.05) is 12.1 Å². The molecule has 2 atom stereocenters. The molecule has 37 heavy (non-hydrogen) atoms. The summed E-state index contributed by atoms with van der Waals surface area (Å²) in [5.74, 6) is -0.143. The lowest BCUT2D eigenvalue weighted by atomic mass is 10.0. The molecule has 3 fully saturated rings. The maximum atomic E-state index is 12.7. The average Bonchev–Trinajstić information content (AvgIpc) is 3.36. The van der Waals surface area contributed by atoms with E-state index in [0.29, 0.717) is 50.8 Å². The highest BCUT2D eigenvalue weighted by molar-refractivity contribution is 6.30. The lowest BCUT2D eigenvalue weighted by Crippen LogP contribution is -2.48. The molecule has 0 bridgehead atoms. The summed E-state index contributed by atoms with van der Waals surface area (Å²) in [6, 6.07) is 5.60. The molecule has 0 aromatic heterocycles. The lowest BCUT2D eigenvalue weighted by molar-refractivity contribution is -0.308. The fourth-order valence-electron chi connectivity index (χ4n) is 5.33. The molecule has 14 heteroatoms. The first-order valence-corrected chi connectivity index (χ1v) is 12.2. The number of nitrogens with zero attached hydrogens (tertiary/aromatic N) is 4. The molecule has 206 valence electrons. The summed E-state index contributed by atoms with van der Waals surface area (Å²) < 4.78 is 80.3. The Kier molecular flexibility index (Phi) is 7.76. The monoisotopic (exact) mass is 556 g/mol. The molecular weight excluding hydrogens is 530 g/mol. The second-order valence-corrected chi connectivity index (χ2v) is 10.2. The van der Waals surface area contributed by atoms with E-state index >= 15 is 0 Å². The number of halogens is 7. The fraction of sp³-hybridized carbons (Fsp3) is 0.652. The number of fused-ring (bicyclic) bond motifs is 1. The molecule has 0 spiro atoms. The van der Waals surface area contributed by atoms with Crippen LogP contribution in [0.5, 0.6) is 0 Å². The van der Waals surface area contributed by atoms with E-state index in [0.717, 1.165) is 16.2 Å². The molecule has 0 saturated carbocycles. The Morgan fingerprint density at radius 3 is 2.03 bits per heavy atom. The van der Waals surface area contributed by atoms with Gasteiger partial charge in [-0.05, 0) is 29.5 Å². The summed E-state index contributed by atoms with van der Waals surface area (Å²) in [6.45, 7) is 5.77. The summed E-state index contributed by atoms with van der Waals surface area (Å²) in [4.78, 5) is 30.8. The summed E-state index contributed by atoms with van der Waals surface area (Å²) in [5, 5.41) is 0.580. The molecule has 1 aromatic carbocycles. The first-order valence-electron chi connectivity index (χ1n) is 11.8. The summed E-state index contributed by atoms with van der Waals surface area (Å²) in [5.41, 5.74) is 1.98. The van der Waals surface area contributed by atoms with Gasteiger partial charge in [-0.3, -0.25) is 9.69 Å². The number of carbonyl (C=O) groups excluding carboxylic acids is 2. The van der Waals surface area contributed by atoms with Gasteiger partial charge in [-0.2, -0.15) is 26.3 Å². The first-order chi connectivity index (χ1) is 17.2. The molecule has 0 N–H and O–H groups in total. The van der Waals surface area contributed by atoms with Gasteiger partial charge in [-0.1, -0.05) is 17.7 Å². The standard InChI is InChI=1S/C23H27ClF6N4O3/c1-14(35)32-4-6-33(7-5-32)19-8-18(24)3-2-15(19)9-31-10-16-12-34(13-17(16)11-31)21(36)37-20(22(25,26)27)23(28,29)30/h2-3,8,16-17,20H,4-7,9-13H2,1H3. The van der Waals surface area contributed by atoms with Crippen molar-refractivity contribution in [3.05, 3.63) is 28.8 Å². The van der Waals surface area contributed by atoms with Gasteiger partial charge in [0.25, 0.3) is 6.10 Å². The Morgan fingerprint density at radius 1 is 0.946 bits per heavy atom. The highest BCUT2D eigenvalue weighted by Gasteiger charge is 2.60. The van der Waals surface area contributed by atoms with Gasteiger partial charge in [0, 0.05) is 76.5 Å². The number of likely N-dealkylation sites (tertiary alicyclic amines) is 2. The Bertz CT molecular complexity index is 987. The van der Waals surface area contributed by atoms with Crippen LogP contribution in [0.4, 0.5) is 36.8 Å². The number of anilines is 1. The number of hydrogen-bond acceptors (Lipinski definition) is 5. The molecule has 3 aliphatic rings. The Balaban J connectivity index is 1.35. The Morgan fingerprint density at radius 2 is 1.51 bits per heavy atom. The normalized spacial score (nSPS) is 23.1. The SMILES string of the molecule is CC(=O)N1CCN(c2cc(Cl)ccc2CN2CC3CN(C(=O)OC(C(F)(F)F)C(F)(F)F)CC3C2)CC1. The zero-order valence-corrected chi connectivity index (χ0v) is 20.7. The van der Waals surface area contributed by atoms with Crippen LogP contribution in [-0.4, -0.2) is 97.5 Å². The van der Waals surface area contributed by atoms with E-state index < -0.39 is 24.5 Å². The van der Waals surface area contributed by atoms with E-state index in [4.69, 9.17) is 11.6 Å². The maximum absolute atomic E-state index is 12.7. The lowest BCUT2D eigenvalue weighted by Gasteiger charge is -2.37. The van der Waals surface area contributed by atoms with Gasteiger partial charge < -0.3 is 19.4 Å². The molecule has 3 saturated heterocycles. The van der Waals surface area contributed by atoms with Gasteiger partial charge in [-0.25, -0.2) is 4.79 Å². The predicted octanol–water partition coefficient (Wildman–Crippen LogP) is 4.00. The van der Waals surface area contributed by atoms with Crippen molar-refractivity contribution in [2.24, 2.45) is 11.8 Å². The third-order valence-corrected chi connectivity index (χ3v) is 7.38. The minimum absolute atomic E-state index is 0.0276. The largest absolute Gasteiger partial charge is 0.434 e. The number of piperazine rings is 1. The summed E-state index contributed by atoms with van der Waals surface area (Å²) in [6.07, 6.45) is -17.2. The van der Waals surface area contributed by atoms with E-state index in [1.54, 1.807) is 11.0 Å². The van der Waals surface area contributed by atoms with Crippen molar-refractivity contribution in [1.29, 1.82) is 0 Å². The molecule has 3 heterocycles. The van der Waals surface area contributed by atoms with Gasteiger partial charge in [0.2, 0.25) is 5.91 Å². The number of benzene rings is 1. The number of rotatable bonds is 4. The van der Waals surface area contributed by atoms with Gasteiger partial charge in [0.15, 0.2) is 0 Å². The quantitative estimate of drug-likeness (QED) is 0.525. The van der Waals surface area contributed by atoms with Crippen molar-refractivity contribution < 1.29 is 40.7 Å². The Hall–Kier alpha value is -2.41. The minimum atomic E-state index is -5.74. The average molecular weight is 557 g/mol. The van der Waals surface area contributed by atoms with E-state index in [2.05, 4.69) is 14.5 Å². The number of alkyl halides is 6. The number of hydrogen-bond donors (Lipinski definition) is 0. The van der Waals surface area contributed by atoms with Crippen molar-refractivity contribution in [2.45, 2.75) is 31.9 Å². The highest BCUT2D eigenvalue weighted by Crippen LogP contribution is 2.38. The zero-order valence-electron chi connectivity index (χ0n) is 20.0. The maximum Gasteiger partial charge on any atom is 0.434 e. The van der Waals surface area contributed by atoms with Gasteiger partial charge >= 0.3 is 18.4 Å². The highest BCUT2D eigenvalue weighted by atomic mass is 35.5. The van der Waals surface area contributed by atoms with Crippen LogP contribution >= 0.6 is 11.6 Å². The van der Waals surface area contributed by atoms with Crippen LogP contribution in [-0.2, 0) is 16.1 Å². The van der Waals surface area contributed by atoms with E-state index in [1.165, 1.54) is 6.92 Å². The van der Waals surface area contributed by atoms with Gasteiger partial charge in [0.1, 0.15) is 0 Å². The minimum Gasteiger partial charge on any atom is -0.426 e. The third-order valence-electron chi connectivity index (χ3n) is 7.14. The van der Waals surface area contributed by atoms with Crippen LogP contribution in [0, 0.1) is 11.8 Å². The van der Waals surface area contributed by atoms with E-state index in [9.17, 15) is 35.9 Å². The molecule has 3 aliphatic heterocycles. The molecule has 2 amide bonds. The van der Waals surface area contributed by atoms with Gasteiger partial charge in [0.05, 0.1) is 0 Å². The van der Waals surface area contributed by atoms with Crippen molar-refractivity contribution in [3.63, 3.8) is 0 Å². The molecule has 2 unspecified atom stereocenters. The predicted molar refractivity (Wildman–Crippen MR) is 122 cm³/mol. The van der Waals surface area contributed by atoms with Crippen molar-refractivity contribution in [1.82, 2.24) is 14.7 Å². The number of carbonyl (C=O) groups is 2. The van der Waals surface area contributed by atoms with Crippen LogP contribution in [0.3, 0.4) is 0 Å². The zero-order chi connectivity index (χ0) is 27.1. The molecule has 4 rings (SSSR count).